The van der Waals surface area contributed by atoms with Gasteiger partial charge < -0.3 is 33.4 Å². The van der Waals surface area contributed by atoms with Crippen LogP contribution in [0.1, 0.15) is 17.0 Å². The van der Waals surface area contributed by atoms with E-state index in [1.165, 1.54) is 22.3 Å². The minimum Gasteiger partial charge on any atom is -0.496 e. The summed E-state index contributed by atoms with van der Waals surface area (Å²) < 4.78 is 31.6. The molecule has 316 valence electrons. The average Bonchev–Trinajstić information content (AvgIpc) is 3.98. The van der Waals surface area contributed by atoms with Gasteiger partial charge in [-0.1, -0.05) is 29.8 Å². The minimum absolute atomic E-state index is 0.0479. The molecule has 61 heavy (non-hydrogen) atoms. The van der Waals surface area contributed by atoms with Crippen LogP contribution < -0.4 is 18.9 Å². The molecule has 1 N–H and O–H groups in total. The standard InChI is InChI=1S/C43H42Cl2N8O7S/c1-25-21-35(58-23-27-13-14-46-40(49-27)29-7-5-6-8-30(29)56-4)53(50-25)22-33(43(54)55)60-41-37-36(39(32-11-12-34(44)59-32)61-42(37)48-24-47-41)28-9-10-31(38(45)26(28)2)57-20-19-52-17-15-51(3)16-18-52/h5-14,21,24,33H,15-20,22-23H2,1-4H3,(H,54,55)/t33-/m1/s1. The summed E-state index contributed by atoms with van der Waals surface area (Å²) in [4.78, 5) is 37.0. The fourth-order valence-corrected chi connectivity index (χ4v) is 8.55. The third-order valence-corrected chi connectivity index (χ3v) is 12.1. The summed E-state index contributed by atoms with van der Waals surface area (Å²) in [7, 11) is 3.72. The van der Waals surface area contributed by atoms with Gasteiger partial charge in [-0.3, -0.25) is 4.90 Å². The number of halogens is 2. The molecule has 0 amide bonds. The van der Waals surface area contributed by atoms with E-state index in [-0.39, 0.29) is 24.3 Å². The molecule has 8 rings (SSSR count). The Morgan fingerprint density at radius 3 is 2.56 bits per heavy atom. The summed E-state index contributed by atoms with van der Waals surface area (Å²) in [6.07, 6.45) is 1.53. The summed E-state index contributed by atoms with van der Waals surface area (Å²) in [6.45, 7) is 8.80. The molecule has 6 heterocycles. The number of aryl methyl sites for hydroxylation is 1. The number of fused-ring (bicyclic) bond motifs is 1. The average molecular weight is 886 g/mol. The van der Waals surface area contributed by atoms with Crippen LogP contribution in [-0.4, -0.2) is 110 Å². The van der Waals surface area contributed by atoms with Crippen molar-refractivity contribution in [3.8, 4) is 56.4 Å². The fourth-order valence-electron chi connectivity index (χ4n) is 7.07. The fraction of sp³-hybridized carbons (Fsp3) is 0.302. The first-order valence-electron chi connectivity index (χ1n) is 19.4. The van der Waals surface area contributed by atoms with Crippen molar-refractivity contribution < 1.29 is 33.3 Å². The van der Waals surface area contributed by atoms with E-state index in [1.54, 1.807) is 44.5 Å². The number of piperazine rings is 1. The zero-order valence-corrected chi connectivity index (χ0v) is 36.1. The monoisotopic (exact) mass is 884 g/mol. The van der Waals surface area contributed by atoms with E-state index >= 15 is 0 Å². The van der Waals surface area contributed by atoms with Crippen LogP contribution in [0.25, 0.3) is 43.4 Å². The van der Waals surface area contributed by atoms with E-state index in [1.807, 2.05) is 43.3 Å². The molecule has 0 radical (unpaired) electrons. The van der Waals surface area contributed by atoms with E-state index in [2.05, 4.69) is 41.9 Å². The third kappa shape index (κ3) is 9.28. The molecule has 5 aromatic heterocycles. The largest absolute Gasteiger partial charge is 0.496 e. The Hall–Kier alpha value is -5.78. The number of likely N-dealkylation sites (N-methyl/N-ethyl adjacent to an activating group) is 1. The second-order valence-electron chi connectivity index (χ2n) is 14.4. The van der Waals surface area contributed by atoms with Gasteiger partial charge in [-0.25, -0.2) is 29.4 Å². The highest BCUT2D eigenvalue weighted by Crippen LogP contribution is 2.50. The summed E-state index contributed by atoms with van der Waals surface area (Å²) in [5.41, 5.74) is 4.05. The molecule has 0 aliphatic carbocycles. The SMILES string of the molecule is COc1ccccc1-c1nccc(COc2cc(C)nn2C[C@@H](Oc2ncnc3sc(-c4ccc(Cl)o4)c(-c4ccc(OCCN5CCN(C)CC5)c(Cl)c4C)c23)C(=O)O)n1. The summed E-state index contributed by atoms with van der Waals surface area (Å²) in [5, 5.41) is 16.2. The molecule has 1 aliphatic rings. The lowest BCUT2D eigenvalue weighted by atomic mass is 9.97. The van der Waals surface area contributed by atoms with Crippen LogP contribution in [0.5, 0.6) is 23.3 Å². The highest BCUT2D eigenvalue weighted by Gasteiger charge is 2.29. The van der Waals surface area contributed by atoms with E-state index in [4.69, 9.17) is 46.6 Å². The van der Waals surface area contributed by atoms with Gasteiger partial charge in [-0.2, -0.15) is 5.10 Å². The zero-order valence-electron chi connectivity index (χ0n) is 33.8. The van der Waals surface area contributed by atoms with Gasteiger partial charge in [0.05, 0.1) is 45.9 Å². The predicted octanol–water partition coefficient (Wildman–Crippen LogP) is 7.94. The lowest BCUT2D eigenvalue weighted by molar-refractivity contribution is -0.146. The lowest BCUT2D eigenvalue weighted by Crippen LogP contribution is -2.45. The van der Waals surface area contributed by atoms with Crippen molar-refractivity contribution in [3.63, 3.8) is 0 Å². The zero-order chi connectivity index (χ0) is 42.6. The smallest absolute Gasteiger partial charge is 0.346 e. The van der Waals surface area contributed by atoms with E-state index in [9.17, 15) is 9.90 Å². The number of para-hydroxylation sites is 1. The molecule has 0 saturated carbocycles. The number of carboxylic acids is 1. The summed E-state index contributed by atoms with van der Waals surface area (Å²) in [5.74, 6) is 1.29. The number of nitrogens with zero attached hydrogens (tertiary/aromatic N) is 8. The van der Waals surface area contributed by atoms with E-state index < -0.39 is 12.1 Å². The van der Waals surface area contributed by atoms with Gasteiger partial charge in [0.1, 0.15) is 41.6 Å². The number of furan rings is 1. The Balaban J connectivity index is 1.07. The number of aliphatic carboxylic acids is 1. The van der Waals surface area contributed by atoms with Gasteiger partial charge in [0, 0.05) is 50.6 Å². The van der Waals surface area contributed by atoms with Crippen molar-refractivity contribution in [2.24, 2.45) is 0 Å². The maximum atomic E-state index is 12.9. The van der Waals surface area contributed by atoms with Gasteiger partial charge in [0.2, 0.25) is 17.9 Å². The molecule has 7 aromatic rings. The van der Waals surface area contributed by atoms with Crippen molar-refractivity contribution >= 4 is 50.7 Å². The predicted molar refractivity (Wildman–Crippen MR) is 232 cm³/mol. The highest BCUT2D eigenvalue weighted by atomic mass is 35.5. The number of benzene rings is 2. The van der Waals surface area contributed by atoms with Crippen LogP contribution in [0.15, 0.2) is 77.6 Å². The molecule has 1 aliphatic heterocycles. The molecule has 0 bridgehead atoms. The number of hydrogen-bond donors (Lipinski definition) is 1. The van der Waals surface area contributed by atoms with Gasteiger partial charge in [-0.15, -0.1) is 11.3 Å². The molecule has 1 fully saturated rings. The normalized spacial score (nSPS) is 14.0. The van der Waals surface area contributed by atoms with Crippen molar-refractivity contribution in [1.82, 2.24) is 39.5 Å². The van der Waals surface area contributed by atoms with Crippen LogP contribution in [0, 0.1) is 13.8 Å². The first-order valence-corrected chi connectivity index (χ1v) is 21.0. The second kappa shape index (κ2) is 18.5. The Morgan fingerprint density at radius 2 is 1.79 bits per heavy atom. The van der Waals surface area contributed by atoms with Crippen molar-refractivity contribution in [2.75, 3.05) is 53.5 Å². The molecule has 0 unspecified atom stereocenters. The Morgan fingerprint density at radius 1 is 0.967 bits per heavy atom. The summed E-state index contributed by atoms with van der Waals surface area (Å²) >= 11 is 14.6. The van der Waals surface area contributed by atoms with Crippen LogP contribution in [-0.2, 0) is 17.9 Å². The number of carboxylic acid groups (broad SMARTS) is 1. The second-order valence-corrected chi connectivity index (χ2v) is 16.2. The van der Waals surface area contributed by atoms with Crippen LogP contribution in [0.3, 0.4) is 0 Å². The third-order valence-electron chi connectivity index (χ3n) is 10.3. The number of rotatable bonds is 16. The van der Waals surface area contributed by atoms with Crippen molar-refractivity contribution in [2.45, 2.75) is 33.1 Å². The Labute approximate surface area is 365 Å². The van der Waals surface area contributed by atoms with Gasteiger partial charge >= 0.3 is 5.97 Å². The maximum Gasteiger partial charge on any atom is 0.346 e. The molecule has 1 atom stereocenters. The quantitative estimate of drug-likeness (QED) is 0.0995. The van der Waals surface area contributed by atoms with Crippen molar-refractivity contribution in [3.05, 3.63) is 100 Å². The molecular formula is C43H42Cl2N8O7S. The van der Waals surface area contributed by atoms with E-state index in [0.717, 1.165) is 49.4 Å². The topological polar surface area (TPSA) is 163 Å². The maximum absolute atomic E-state index is 12.9. The molecule has 18 heteroatoms. The van der Waals surface area contributed by atoms with Crippen LogP contribution in [0.4, 0.5) is 0 Å². The molecule has 15 nitrogen and oxygen atoms in total. The number of thiophene rings is 1. The molecule has 0 spiro atoms. The van der Waals surface area contributed by atoms with Gasteiger partial charge in [-0.05, 0) is 80.0 Å². The number of hydrogen-bond acceptors (Lipinski definition) is 14. The molecule has 1 saturated heterocycles. The van der Waals surface area contributed by atoms with Gasteiger partial charge in [0.15, 0.2) is 11.0 Å². The lowest BCUT2D eigenvalue weighted by Gasteiger charge is -2.32. The minimum atomic E-state index is -1.45. The first-order chi connectivity index (χ1) is 29.6. The Bertz CT molecular complexity index is 2680. The van der Waals surface area contributed by atoms with Crippen LogP contribution in [0.2, 0.25) is 10.2 Å². The summed E-state index contributed by atoms with van der Waals surface area (Å²) in [6, 6.07) is 18.1. The van der Waals surface area contributed by atoms with Crippen molar-refractivity contribution in [1.29, 1.82) is 0 Å². The molecule has 2 aromatic carbocycles. The van der Waals surface area contributed by atoms with Crippen LogP contribution >= 0.6 is 34.5 Å². The Kier molecular flexibility index (Phi) is 12.7. The van der Waals surface area contributed by atoms with E-state index in [0.29, 0.717) is 72.6 Å². The first kappa shape index (κ1) is 41.9. The molecular weight excluding hydrogens is 843 g/mol. The number of methoxy groups -OCH3 is 1. The highest BCUT2D eigenvalue weighted by molar-refractivity contribution is 7.22. The van der Waals surface area contributed by atoms with Gasteiger partial charge in [0.25, 0.3) is 0 Å². The number of aromatic nitrogens is 6. The number of ether oxygens (including phenoxy) is 4. The number of carbonyl (C=O) groups is 1.